The summed E-state index contributed by atoms with van der Waals surface area (Å²) >= 11 is 0. The van der Waals surface area contributed by atoms with E-state index in [9.17, 15) is 13.2 Å². The van der Waals surface area contributed by atoms with Gasteiger partial charge >= 0.3 is 6.09 Å². The molecule has 0 aromatic heterocycles. The Labute approximate surface area is 138 Å². The second-order valence-electron chi connectivity index (χ2n) is 6.29. The third kappa shape index (κ3) is 6.73. The Morgan fingerprint density at radius 2 is 1.96 bits per heavy atom. The number of anilines is 1. The number of hydrogen-bond donors (Lipinski definition) is 2. The fourth-order valence-corrected chi connectivity index (χ4v) is 2.47. The van der Waals surface area contributed by atoms with E-state index in [1.54, 1.807) is 45.0 Å². The summed E-state index contributed by atoms with van der Waals surface area (Å²) in [6.45, 7) is 10.9. The standard InChI is InChI=1S/C16H24N2O4S/c1-7-12-10-13(8-9-14(12)18-23(6,20)21)11(2)17-15(19)22-16(3,4)5/h7-11,18H,1H2,2-6H3,(H,17,19). The van der Waals surface area contributed by atoms with Crippen LogP contribution in [0.2, 0.25) is 0 Å². The molecule has 0 saturated heterocycles. The van der Waals surface area contributed by atoms with E-state index in [4.69, 9.17) is 4.74 Å². The number of benzene rings is 1. The fourth-order valence-electron chi connectivity index (χ4n) is 1.88. The van der Waals surface area contributed by atoms with Crippen molar-refractivity contribution >= 4 is 27.9 Å². The predicted octanol–water partition coefficient (Wildman–Crippen LogP) is 3.29. The van der Waals surface area contributed by atoms with Crippen LogP contribution < -0.4 is 10.0 Å². The van der Waals surface area contributed by atoms with Gasteiger partial charge in [-0.1, -0.05) is 18.7 Å². The smallest absolute Gasteiger partial charge is 0.408 e. The van der Waals surface area contributed by atoms with Crippen molar-refractivity contribution in [1.29, 1.82) is 0 Å². The first-order chi connectivity index (χ1) is 10.4. The molecular formula is C16H24N2O4S. The number of amides is 1. The lowest BCUT2D eigenvalue weighted by Crippen LogP contribution is -2.34. The molecule has 0 bridgehead atoms. The Bertz CT molecular complexity index is 691. The fraction of sp³-hybridized carbons (Fsp3) is 0.438. The lowest BCUT2D eigenvalue weighted by Gasteiger charge is -2.22. The molecule has 0 heterocycles. The topological polar surface area (TPSA) is 84.5 Å². The van der Waals surface area contributed by atoms with Gasteiger partial charge in [-0.3, -0.25) is 4.72 Å². The van der Waals surface area contributed by atoms with Crippen molar-refractivity contribution < 1.29 is 17.9 Å². The monoisotopic (exact) mass is 340 g/mol. The molecule has 6 nitrogen and oxygen atoms in total. The first-order valence-corrected chi connectivity index (χ1v) is 9.04. The van der Waals surface area contributed by atoms with Crippen molar-refractivity contribution in [3.8, 4) is 0 Å². The second kappa shape index (κ2) is 7.04. The highest BCUT2D eigenvalue weighted by Crippen LogP contribution is 2.23. The van der Waals surface area contributed by atoms with Gasteiger partial charge < -0.3 is 10.1 Å². The van der Waals surface area contributed by atoms with Crippen LogP contribution in [-0.2, 0) is 14.8 Å². The number of sulfonamides is 1. The van der Waals surface area contributed by atoms with Crippen molar-refractivity contribution in [2.24, 2.45) is 0 Å². The molecule has 0 aliphatic rings. The summed E-state index contributed by atoms with van der Waals surface area (Å²) in [6.07, 6.45) is 2.13. The minimum Gasteiger partial charge on any atom is -0.444 e. The molecule has 1 rings (SSSR count). The average molecular weight is 340 g/mol. The Balaban J connectivity index is 2.92. The number of ether oxygens (including phenoxy) is 1. The van der Waals surface area contributed by atoms with Crippen molar-refractivity contribution in [2.45, 2.75) is 39.3 Å². The van der Waals surface area contributed by atoms with Crippen molar-refractivity contribution in [3.05, 3.63) is 35.9 Å². The summed E-state index contributed by atoms with van der Waals surface area (Å²) in [5.41, 5.74) is 1.31. The van der Waals surface area contributed by atoms with Crippen LogP contribution in [0.4, 0.5) is 10.5 Å². The van der Waals surface area contributed by atoms with Crippen LogP contribution >= 0.6 is 0 Å². The zero-order valence-corrected chi connectivity index (χ0v) is 15.0. The molecule has 1 unspecified atom stereocenters. The number of alkyl carbamates (subject to hydrolysis) is 1. The molecule has 0 radical (unpaired) electrons. The maximum absolute atomic E-state index is 11.8. The van der Waals surface area contributed by atoms with E-state index in [0.29, 0.717) is 11.3 Å². The normalized spacial score (nSPS) is 13.1. The number of hydrogen-bond acceptors (Lipinski definition) is 4. The van der Waals surface area contributed by atoms with Crippen LogP contribution in [0.25, 0.3) is 6.08 Å². The SMILES string of the molecule is C=Cc1cc(C(C)NC(=O)OC(C)(C)C)ccc1NS(C)(=O)=O. The van der Waals surface area contributed by atoms with E-state index in [0.717, 1.165) is 11.8 Å². The largest absolute Gasteiger partial charge is 0.444 e. The Morgan fingerprint density at radius 1 is 1.35 bits per heavy atom. The van der Waals surface area contributed by atoms with Gasteiger partial charge in [-0.15, -0.1) is 0 Å². The Morgan fingerprint density at radius 3 is 2.43 bits per heavy atom. The molecule has 0 saturated carbocycles. The molecule has 7 heteroatoms. The summed E-state index contributed by atoms with van der Waals surface area (Å²) in [5, 5.41) is 2.74. The van der Waals surface area contributed by atoms with E-state index in [2.05, 4.69) is 16.6 Å². The zero-order valence-electron chi connectivity index (χ0n) is 14.1. The van der Waals surface area contributed by atoms with Crippen LogP contribution in [0.1, 0.15) is 44.9 Å². The highest BCUT2D eigenvalue weighted by Gasteiger charge is 2.18. The van der Waals surface area contributed by atoms with E-state index < -0.39 is 21.7 Å². The van der Waals surface area contributed by atoms with E-state index in [1.165, 1.54) is 0 Å². The van der Waals surface area contributed by atoms with Gasteiger partial charge in [0.2, 0.25) is 10.0 Å². The molecule has 1 aromatic carbocycles. The quantitative estimate of drug-likeness (QED) is 0.861. The summed E-state index contributed by atoms with van der Waals surface area (Å²) in [6, 6.07) is 4.85. The molecular weight excluding hydrogens is 316 g/mol. The maximum Gasteiger partial charge on any atom is 0.408 e. The summed E-state index contributed by atoms with van der Waals surface area (Å²) in [5.74, 6) is 0. The van der Waals surface area contributed by atoms with Crippen molar-refractivity contribution in [3.63, 3.8) is 0 Å². The van der Waals surface area contributed by atoms with Gasteiger partial charge in [0.05, 0.1) is 18.0 Å². The molecule has 1 amide bonds. The highest BCUT2D eigenvalue weighted by atomic mass is 32.2. The van der Waals surface area contributed by atoms with E-state index >= 15 is 0 Å². The van der Waals surface area contributed by atoms with Gasteiger partial charge in [-0.25, -0.2) is 13.2 Å². The van der Waals surface area contributed by atoms with Crippen LogP contribution in [0.5, 0.6) is 0 Å². The molecule has 0 spiro atoms. The van der Waals surface area contributed by atoms with Crippen LogP contribution in [0, 0.1) is 0 Å². The van der Waals surface area contributed by atoms with Gasteiger partial charge in [0.25, 0.3) is 0 Å². The van der Waals surface area contributed by atoms with Gasteiger partial charge in [0.15, 0.2) is 0 Å². The van der Waals surface area contributed by atoms with Crippen LogP contribution in [-0.4, -0.2) is 26.4 Å². The molecule has 0 aliphatic heterocycles. The molecule has 23 heavy (non-hydrogen) atoms. The minimum atomic E-state index is -3.37. The molecule has 1 atom stereocenters. The molecule has 0 fully saturated rings. The second-order valence-corrected chi connectivity index (χ2v) is 8.04. The number of rotatable bonds is 5. The molecule has 1 aromatic rings. The first-order valence-electron chi connectivity index (χ1n) is 7.15. The summed E-state index contributed by atoms with van der Waals surface area (Å²) < 4.78 is 30.3. The third-order valence-electron chi connectivity index (χ3n) is 2.82. The highest BCUT2D eigenvalue weighted by molar-refractivity contribution is 7.92. The third-order valence-corrected chi connectivity index (χ3v) is 3.41. The predicted molar refractivity (Wildman–Crippen MR) is 92.8 cm³/mol. The molecule has 0 aliphatic carbocycles. The van der Waals surface area contributed by atoms with Crippen molar-refractivity contribution in [2.75, 3.05) is 11.0 Å². The number of carbonyl (C=O) groups is 1. The van der Waals surface area contributed by atoms with Gasteiger partial charge in [0.1, 0.15) is 5.60 Å². The first kappa shape index (κ1) is 19.0. The summed E-state index contributed by atoms with van der Waals surface area (Å²) in [7, 11) is -3.37. The Hall–Kier alpha value is -2.02. The minimum absolute atomic E-state index is 0.296. The lowest BCUT2D eigenvalue weighted by molar-refractivity contribution is 0.0508. The molecule has 128 valence electrons. The zero-order chi connectivity index (χ0) is 17.8. The number of carbonyl (C=O) groups excluding carboxylic acids is 1. The average Bonchev–Trinajstić information content (AvgIpc) is 2.34. The number of nitrogens with one attached hydrogen (secondary N) is 2. The van der Waals surface area contributed by atoms with E-state index in [1.807, 2.05) is 6.92 Å². The van der Waals surface area contributed by atoms with Gasteiger partial charge in [0, 0.05) is 0 Å². The van der Waals surface area contributed by atoms with E-state index in [-0.39, 0.29) is 6.04 Å². The molecule has 2 N–H and O–H groups in total. The van der Waals surface area contributed by atoms with Crippen LogP contribution in [0.3, 0.4) is 0 Å². The summed E-state index contributed by atoms with van der Waals surface area (Å²) in [4.78, 5) is 11.8. The maximum atomic E-state index is 11.8. The van der Waals surface area contributed by atoms with Gasteiger partial charge in [-0.05, 0) is 51.0 Å². The Kier molecular flexibility index (Phi) is 5.82. The lowest BCUT2D eigenvalue weighted by atomic mass is 10.0. The van der Waals surface area contributed by atoms with Crippen LogP contribution in [0.15, 0.2) is 24.8 Å². The van der Waals surface area contributed by atoms with Gasteiger partial charge in [-0.2, -0.15) is 0 Å². The van der Waals surface area contributed by atoms with Crippen molar-refractivity contribution in [1.82, 2.24) is 5.32 Å².